The number of nitro benzene ring substituents is 1. The highest BCUT2D eigenvalue weighted by molar-refractivity contribution is 7.07. The van der Waals surface area contributed by atoms with Crippen LogP contribution in [-0.2, 0) is 9.53 Å². The molecule has 1 saturated heterocycles. The zero-order valence-corrected chi connectivity index (χ0v) is 22.9. The van der Waals surface area contributed by atoms with E-state index in [0.29, 0.717) is 49.0 Å². The summed E-state index contributed by atoms with van der Waals surface area (Å²) in [6, 6.07) is 13.5. The monoisotopic (exact) mass is 548 g/mol. The molecule has 3 aromatic rings. The number of rotatable bonds is 6. The van der Waals surface area contributed by atoms with Gasteiger partial charge in [0.2, 0.25) is 0 Å². The van der Waals surface area contributed by atoms with Gasteiger partial charge in [-0.3, -0.25) is 24.3 Å². The maximum Gasteiger partial charge on any atom is 0.293 e. The summed E-state index contributed by atoms with van der Waals surface area (Å²) in [5, 5.41) is 21.9. The summed E-state index contributed by atoms with van der Waals surface area (Å²) in [5.41, 5.74) is -0.122. The molecule has 0 aliphatic carbocycles. The molecule has 11 heteroatoms. The first-order chi connectivity index (χ1) is 18.5. The fourth-order valence-corrected chi connectivity index (χ4v) is 5.29. The van der Waals surface area contributed by atoms with Crippen LogP contribution in [0.15, 0.2) is 47.3 Å². The number of methoxy groups -OCH3 is 1. The highest BCUT2D eigenvalue weighted by Crippen LogP contribution is 2.30. The van der Waals surface area contributed by atoms with Crippen LogP contribution in [0.2, 0.25) is 0 Å². The Morgan fingerprint density at radius 1 is 1.18 bits per heavy atom. The molecule has 0 unspecified atom stereocenters. The minimum Gasteiger partial charge on any atom is -0.497 e. The molecule has 0 radical (unpaired) electrons. The molecule has 0 N–H and O–H groups in total. The number of nitro groups is 1. The molecule has 0 atom stereocenters. The Hall–Kier alpha value is -4.27. The quantitative estimate of drug-likeness (QED) is 0.340. The Kier molecular flexibility index (Phi) is 7.99. The highest BCUT2D eigenvalue weighted by Gasteiger charge is 2.28. The topological polar surface area (TPSA) is 128 Å². The summed E-state index contributed by atoms with van der Waals surface area (Å²) < 4.78 is 12.3. The van der Waals surface area contributed by atoms with E-state index < -0.39 is 21.7 Å². The van der Waals surface area contributed by atoms with Gasteiger partial charge in [0.05, 0.1) is 35.5 Å². The Bertz CT molecular complexity index is 1640. The maximum atomic E-state index is 13.7. The van der Waals surface area contributed by atoms with E-state index in [9.17, 15) is 25.0 Å². The van der Waals surface area contributed by atoms with Gasteiger partial charge in [-0.15, -0.1) is 11.3 Å². The number of Topliss-reactive ketones (excluding diaryl/α,β-unsaturated/α-hetero) is 1. The molecule has 2 aromatic carbocycles. The highest BCUT2D eigenvalue weighted by atomic mass is 32.1. The Morgan fingerprint density at radius 2 is 1.85 bits per heavy atom. The fourth-order valence-electron chi connectivity index (χ4n) is 4.19. The molecule has 0 bridgehead atoms. The van der Waals surface area contributed by atoms with E-state index in [4.69, 9.17) is 9.47 Å². The van der Waals surface area contributed by atoms with Crippen LogP contribution >= 0.6 is 11.3 Å². The lowest BCUT2D eigenvalue weighted by molar-refractivity contribution is -0.384. The van der Waals surface area contributed by atoms with Crippen molar-refractivity contribution in [3.63, 3.8) is 0 Å². The standard InChI is InChI=1S/C28H28N4O6S/c1-28(2,3)25(33)21(17-29)27-31(19-6-8-20(37-4)9-7-19)26(34)24(39-27)16-18-5-10-22(23(15-18)32(35)36)30-11-13-38-14-12-30/h5-10,15-16H,11-14H2,1-4H3/b24-16-,27-21+. The second-order valence-electron chi connectivity index (χ2n) is 9.93. The Morgan fingerprint density at radius 3 is 2.41 bits per heavy atom. The first-order valence-electron chi connectivity index (χ1n) is 12.2. The molecule has 2 heterocycles. The van der Waals surface area contributed by atoms with E-state index in [2.05, 4.69) is 0 Å². The molecular weight excluding hydrogens is 520 g/mol. The van der Waals surface area contributed by atoms with Gasteiger partial charge in [-0.2, -0.15) is 5.26 Å². The third kappa shape index (κ3) is 5.77. The molecule has 202 valence electrons. The van der Waals surface area contributed by atoms with Crippen LogP contribution in [0.3, 0.4) is 0 Å². The zero-order valence-electron chi connectivity index (χ0n) is 22.1. The van der Waals surface area contributed by atoms with Gasteiger partial charge in [0.1, 0.15) is 27.7 Å². The summed E-state index contributed by atoms with van der Waals surface area (Å²) in [6.07, 6.45) is 1.54. The van der Waals surface area contributed by atoms with Crippen molar-refractivity contribution in [1.82, 2.24) is 4.57 Å². The van der Waals surface area contributed by atoms with E-state index in [-0.39, 0.29) is 20.5 Å². The van der Waals surface area contributed by atoms with Gasteiger partial charge in [-0.25, -0.2) is 0 Å². The van der Waals surface area contributed by atoms with Crippen molar-refractivity contribution < 1.29 is 19.2 Å². The number of nitriles is 1. The molecule has 1 aromatic heterocycles. The number of carbonyl (C=O) groups is 1. The van der Waals surface area contributed by atoms with E-state index in [1.807, 2.05) is 11.0 Å². The van der Waals surface area contributed by atoms with Crippen LogP contribution in [0, 0.1) is 26.9 Å². The van der Waals surface area contributed by atoms with Crippen molar-refractivity contribution in [1.29, 1.82) is 5.26 Å². The molecule has 1 aliphatic heterocycles. The minimum absolute atomic E-state index is 0.0786. The van der Waals surface area contributed by atoms with E-state index in [1.54, 1.807) is 63.2 Å². The average molecular weight is 549 g/mol. The van der Waals surface area contributed by atoms with Crippen molar-refractivity contribution in [2.24, 2.45) is 5.41 Å². The predicted octanol–water partition coefficient (Wildman–Crippen LogP) is 2.77. The van der Waals surface area contributed by atoms with Gasteiger partial charge in [-0.05, 0) is 42.0 Å². The van der Waals surface area contributed by atoms with Crippen molar-refractivity contribution >= 4 is 40.1 Å². The number of hydrogen-bond donors (Lipinski definition) is 0. The number of benzene rings is 2. The summed E-state index contributed by atoms with van der Waals surface area (Å²) in [5.74, 6) is 0.184. The molecule has 4 rings (SSSR count). The van der Waals surface area contributed by atoms with Gasteiger partial charge in [0, 0.05) is 24.6 Å². The van der Waals surface area contributed by atoms with Gasteiger partial charge in [-0.1, -0.05) is 26.8 Å². The molecule has 0 saturated carbocycles. The van der Waals surface area contributed by atoms with Gasteiger partial charge >= 0.3 is 0 Å². The molecule has 0 spiro atoms. The fraction of sp³-hybridized carbons (Fsp3) is 0.321. The normalized spacial score (nSPS) is 15.1. The third-order valence-corrected chi connectivity index (χ3v) is 7.33. The van der Waals surface area contributed by atoms with Crippen molar-refractivity contribution in [2.75, 3.05) is 38.3 Å². The first-order valence-corrected chi connectivity index (χ1v) is 13.0. The number of nitrogens with zero attached hydrogens (tertiary/aromatic N) is 4. The smallest absolute Gasteiger partial charge is 0.293 e. The van der Waals surface area contributed by atoms with Crippen LogP contribution in [-0.4, -0.2) is 48.7 Å². The molecular formula is C28H28N4O6S. The number of carbonyl (C=O) groups excluding carboxylic acids is 1. The van der Waals surface area contributed by atoms with Crippen LogP contribution in [0.5, 0.6) is 5.75 Å². The molecule has 0 amide bonds. The lowest BCUT2D eigenvalue weighted by atomic mass is 9.87. The van der Waals surface area contributed by atoms with Crippen molar-refractivity contribution in [3.8, 4) is 17.5 Å². The first kappa shape index (κ1) is 27.8. The number of aromatic nitrogens is 1. The molecule has 1 fully saturated rings. The molecule has 1 aliphatic rings. The van der Waals surface area contributed by atoms with Gasteiger partial charge in [0.15, 0.2) is 5.78 Å². The molecule has 10 nitrogen and oxygen atoms in total. The number of morpholine rings is 1. The number of hydrogen-bond acceptors (Lipinski definition) is 9. The van der Waals surface area contributed by atoms with Gasteiger partial charge < -0.3 is 14.4 Å². The summed E-state index contributed by atoms with van der Waals surface area (Å²) in [6.45, 7) is 7.17. The van der Waals surface area contributed by atoms with Gasteiger partial charge in [0.25, 0.3) is 11.2 Å². The van der Waals surface area contributed by atoms with Crippen LogP contribution < -0.4 is 24.4 Å². The number of ether oxygens (including phenoxy) is 2. The molecule has 39 heavy (non-hydrogen) atoms. The maximum absolute atomic E-state index is 13.7. The average Bonchev–Trinajstić information content (AvgIpc) is 3.24. The number of ketones is 1. The lowest BCUT2D eigenvalue weighted by Gasteiger charge is -2.28. The Balaban J connectivity index is 1.96. The van der Waals surface area contributed by atoms with E-state index in [1.165, 1.54) is 17.7 Å². The summed E-state index contributed by atoms with van der Waals surface area (Å²) in [4.78, 5) is 40.2. The van der Waals surface area contributed by atoms with Crippen molar-refractivity contribution in [2.45, 2.75) is 20.8 Å². The Labute approximate surface area is 228 Å². The predicted molar refractivity (Wildman–Crippen MR) is 149 cm³/mol. The van der Waals surface area contributed by atoms with E-state index >= 15 is 0 Å². The second kappa shape index (κ2) is 11.2. The largest absolute Gasteiger partial charge is 0.497 e. The van der Waals surface area contributed by atoms with Crippen LogP contribution in [0.4, 0.5) is 11.4 Å². The number of thiazole rings is 1. The lowest BCUT2D eigenvalue weighted by Crippen LogP contribution is -2.36. The summed E-state index contributed by atoms with van der Waals surface area (Å²) in [7, 11) is 1.53. The number of anilines is 1. The van der Waals surface area contributed by atoms with Crippen molar-refractivity contribution in [3.05, 3.63) is 77.7 Å². The second-order valence-corrected chi connectivity index (χ2v) is 11.0. The zero-order chi connectivity index (χ0) is 28.3. The van der Waals surface area contributed by atoms with Crippen LogP contribution in [0.1, 0.15) is 26.3 Å². The van der Waals surface area contributed by atoms with E-state index in [0.717, 1.165) is 11.3 Å². The third-order valence-electron chi connectivity index (χ3n) is 6.23. The van der Waals surface area contributed by atoms with Crippen LogP contribution in [0.25, 0.3) is 17.3 Å². The minimum atomic E-state index is -0.852. The summed E-state index contributed by atoms with van der Waals surface area (Å²) >= 11 is 0.996. The SMILES string of the molecule is COc1ccc(-n2c(=O)/c(=C/c3ccc(N4CCOCC4)c([N+](=O)[O-])c3)s/c2=C(\C#N)C(=O)C(C)(C)C)cc1.